The van der Waals surface area contributed by atoms with Gasteiger partial charge >= 0.3 is 11.9 Å². The van der Waals surface area contributed by atoms with E-state index >= 15 is 0 Å². The van der Waals surface area contributed by atoms with Crippen molar-refractivity contribution in [1.82, 2.24) is 0 Å². The van der Waals surface area contributed by atoms with Crippen molar-refractivity contribution in [2.75, 3.05) is 13.2 Å². The molecule has 2 rings (SSSR count). The maximum atomic E-state index is 12.9. The quantitative estimate of drug-likeness (QED) is 0.295. The summed E-state index contributed by atoms with van der Waals surface area (Å²) in [6, 6.07) is 20.2. The van der Waals surface area contributed by atoms with E-state index in [9.17, 15) is 9.59 Å². The summed E-state index contributed by atoms with van der Waals surface area (Å²) in [6.07, 6.45) is 2.68. The van der Waals surface area contributed by atoms with Crippen LogP contribution in [-0.4, -0.2) is 25.2 Å². The van der Waals surface area contributed by atoms with Crippen LogP contribution in [0.2, 0.25) is 0 Å². The van der Waals surface area contributed by atoms with Crippen LogP contribution in [0, 0.1) is 5.41 Å². The van der Waals surface area contributed by atoms with Crippen molar-refractivity contribution in [2.45, 2.75) is 39.0 Å². The molecule has 2 aromatic rings. The van der Waals surface area contributed by atoms with Gasteiger partial charge in [-0.05, 0) is 44.2 Å². The molecule has 0 fully saturated rings. The number of rotatable bonds is 11. The monoisotopic (exact) mass is 394 g/mol. The number of allylic oxidation sites excluding steroid dienone is 1. The van der Waals surface area contributed by atoms with Gasteiger partial charge in [-0.2, -0.15) is 0 Å². The maximum Gasteiger partial charge on any atom is 0.323 e. The molecule has 4 heteroatoms. The molecule has 0 radical (unpaired) electrons. The Labute approximate surface area is 173 Å². The van der Waals surface area contributed by atoms with E-state index in [1.807, 2.05) is 36.4 Å². The smallest absolute Gasteiger partial charge is 0.323 e. The summed E-state index contributed by atoms with van der Waals surface area (Å²) in [7, 11) is 0. The Bertz CT molecular complexity index is 725. The SMILES string of the molecule is C=CCC(CCC(c1ccccc1)c1ccccc1)(C(=O)OCC)C(=O)OCC. The Hall–Kier alpha value is -2.88. The fourth-order valence-corrected chi connectivity index (χ4v) is 3.63. The molecule has 4 nitrogen and oxygen atoms in total. The molecule has 29 heavy (non-hydrogen) atoms. The molecular weight excluding hydrogens is 364 g/mol. The Kier molecular flexibility index (Phi) is 8.66. The van der Waals surface area contributed by atoms with Gasteiger partial charge in [-0.3, -0.25) is 9.59 Å². The summed E-state index contributed by atoms with van der Waals surface area (Å²) >= 11 is 0. The van der Waals surface area contributed by atoms with Gasteiger partial charge in [-0.15, -0.1) is 6.58 Å². The summed E-state index contributed by atoms with van der Waals surface area (Å²) in [5, 5.41) is 0. The van der Waals surface area contributed by atoms with Gasteiger partial charge in [0, 0.05) is 5.92 Å². The first-order valence-electron chi connectivity index (χ1n) is 10.1. The molecule has 0 spiro atoms. The predicted molar refractivity (Wildman–Crippen MR) is 114 cm³/mol. The summed E-state index contributed by atoms with van der Waals surface area (Å²) in [4.78, 5) is 25.8. The predicted octanol–water partition coefficient (Wildman–Crippen LogP) is 5.29. The average molecular weight is 395 g/mol. The molecule has 0 unspecified atom stereocenters. The van der Waals surface area contributed by atoms with Crippen LogP contribution in [0.4, 0.5) is 0 Å². The van der Waals surface area contributed by atoms with E-state index in [1.165, 1.54) is 0 Å². The van der Waals surface area contributed by atoms with Gasteiger partial charge in [-0.1, -0.05) is 66.7 Å². The molecule has 0 aliphatic carbocycles. The Morgan fingerprint density at radius 1 is 0.897 bits per heavy atom. The van der Waals surface area contributed by atoms with Crippen LogP contribution in [0.1, 0.15) is 50.2 Å². The first-order chi connectivity index (χ1) is 14.1. The highest BCUT2D eigenvalue weighted by Gasteiger charge is 2.47. The normalized spacial score (nSPS) is 11.1. The molecule has 0 aliphatic heterocycles. The number of ether oxygens (including phenoxy) is 2. The average Bonchev–Trinajstić information content (AvgIpc) is 2.75. The molecule has 0 N–H and O–H groups in total. The molecular formula is C25H30O4. The third kappa shape index (κ3) is 5.57. The van der Waals surface area contributed by atoms with Crippen molar-refractivity contribution in [2.24, 2.45) is 5.41 Å². The van der Waals surface area contributed by atoms with Crippen LogP contribution >= 0.6 is 0 Å². The van der Waals surface area contributed by atoms with Crippen molar-refractivity contribution >= 4 is 11.9 Å². The topological polar surface area (TPSA) is 52.6 Å². The zero-order valence-electron chi connectivity index (χ0n) is 17.3. The lowest BCUT2D eigenvalue weighted by molar-refractivity contribution is -0.172. The number of hydrogen-bond donors (Lipinski definition) is 0. The van der Waals surface area contributed by atoms with Crippen LogP contribution in [0.25, 0.3) is 0 Å². The van der Waals surface area contributed by atoms with Crippen LogP contribution in [0.15, 0.2) is 73.3 Å². The Balaban J connectivity index is 2.40. The minimum atomic E-state index is -1.38. The highest BCUT2D eigenvalue weighted by Crippen LogP contribution is 2.38. The minimum Gasteiger partial charge on any atom is -0.465 e. The molecule has 0 saturated carbocycles. The third-order valence-corrected chi connectivity index (χ3v) is 5.09. The van der Waals surface area contributed by atoms with E-state index in [1.54, 1.807) is 19.9 Å². The van der Waals surface area contributed by atoms with Gasteiger partial charge < -0.3 is 9.47 Å². The molecule has 0 atom stereocenters. The number of carbonyl (C=O) groups excluding carboxylic acids is 2. The van der Waals surface area contributed by atoms with Crippen molar-refractivity contribution in [3.63, 3.8) is 0 Å². The first-order valence-corrected chi connectivity index (χ1v) is 10.1. The molecule has 0 aliphatic rings. The van der Waals surface area contributed by atoms with Crippen LogP contribution < -0.4 is 0 Å². The molecule has 0 bridgehead atoms. The summed E-state index contributed by atoms with van der Waals surface area (Å²) in [5.41, 5.74) is 0.896. The van der Waals surface area contributed by atoms with E-state index in [2.05, 4.69) is 30.8 Å². The lowest BCUT2D eigenvalue weighted by Gasteiger charge is -2.30. The van der Waals surface area contributed by atoms with E-state index in [-0.39, 0.29) is 25.6 Å². The largest absolute Gasteiger partial charge is 0.465 e. The summed E-state index contributed by atoms with van der Waals surface area (Å²) in [5.74, 6) is -1.04. The van der Waals surface area contributed by atoms with E-state index in [0.29, 0.717) is 12.8 Å². The van der Waals surface area contributed by atoms with Gasteiger partial charge in [-0.25, -0.2) is 0 Å². The second kappa shape index (κ2) is 11.2. The lowest BCUT2D eigenvalue weighted by atomic mass is 9.75. The van der Waals surface area contributed by atoms with Gasteiger partial charge in [0.25, 0.3) is 0 Å². The number of carbonyl (C=O) groups is 2. The Morgan fingerprint density at radius 3 is 1.72 bits per heavy atom. The maximum absolute atomic E-state index is 12.9. The van der Waals surface area contributed by atoms with Crippen molar-refractivity contribution in [3.05, 3.63) is 84.4 Å². The van der Waals surface area contributed by atoms with E-state index < -0.39 is 17.4 Å². The Morgan fingerprint density at radius 2 is 1.34 bits per heavy atom. The fourth-order valence-electron chi connectivity index (χ4n) is 3.63. The second-order valence-corrected chi connectivity index (χ2v) is 6.93. The van der Waals surface area contributed by atoms with Gasteiger partial charge in [0.1, 0.15) is 0 Å². The van der Waals surface area contributed by atoms with Gasteiger partial charge in [0.2, 0.25) is 0 Å². The van der Waals surface area contributed by atoms with Crippen molar-refractivity contribution in [3.8, 4) is 0 Å². The highest BCUT2D eigenvalue weighted by atomic mass is 16.6. The van der Waals surface area contributed by atoms with E-state index in [4.69, 9.17) is 9.47 Å². The summed E-state index contributed by atoms with van der Waals surface area (Å²) < 4.78 is 10.6. The molecule has 0 heterocycles. The third-order valence-electron chi connectivity index (χ3n) is 5.09. The molecule has 0 amide bonds. The van der Waals surface area contributed by atoms with Gasteiger partial charge in [0.05, 0.1) is 13.2 Å². The lowest BCUT2D eigenvalue weighted by Crippen LogP contribution is -2.42. The minimum absolute atomic E-state index is 0.0467. The zero-order valence-corrected chi connectivity index (χ0v) is 17.3. The molecule has 0 saturated heterocycles. The van der Waals surface area contributed by atoms with Gasteiger partial charge in [0.15, 0.2) is 5.41 Å². The number of benzene rings is 2. The first kappa shape index (κ1) is 22.4. The second-order valence-electron chi connectivity index (χ2n) is 6.93. The van der Waals surface area contributed by atoms with Crippen LogP contribution in [0.5, 0.6) is 0 Å². The number of hydrogen-bond acceptors (Lipinski definition) is 4. The van der Waals surface area contributed by atoms with Crippen LogP contribution in [0.3, 0.4) is 0 Å². The zero-order chi connectivity index (χ0) is 21.1. The molecule has 154 valence electrons. The molecule has 2 aromatic carbocycles. The van der Waals surface area contributed by atoms with E-state index in [0.717, 1.165) is 11.1 Å². The summed E-state index contributed by atoms with van der Waals surface area (Å²) in [6.45, 7) is 7.64. The standard InChI is InChI=1S/C25H30O4/c1-4-18-25(23(26)28-5-2,24(27)29-6-3)19-17-22(20-13-9-7-10-14-20)21-15-11-8-12-16-21/h4,7-16,22H,1,5-6,17-19H2,2-3H3. The van der Waals surface area contributed by atoms with Crippen molar-refractivity contribution < 1.29 is 19.1 Å². The molecule has 0 aromatic heterocycles. The fraction of sp³-hybridized carbons (Fsp3) is 0.360. The number of esters is 2. The highest BCUT2D eigenvalue weighted by molar-refractivity contribution is 6.00. The van der Waals surface area contributed by atoms with Crippen LogP contribution in [-0.2, 0) is 19.1 Å². The van der Waals surface area contributed by atoms with Crippen molar-refractivity contribution in [1.29, 1.82) is 0 Å².